The van der Waals surface area contributed by atoms with Gasteiger partial charge in [-0.15, -0.1) is 0 Å². The summed E-state index contributed by atoms with van der Waals surface area (Å²) in [6.45, 7) is 0.699. The first-order chi connectivity index (χ1) is 8.77. The van der Waals surface area contributed by atoms with Crippen LogP contribution in [0.5, 0.6) is 0 Å². The molecule has 92 valence electrons. The summed E-state index contributed by atoms with van der Waals surface area (Å²) in [6, 6.07) is 9.54. The number of hydrogen-bond acceptors (Lipinski definition) is 2. The van der Waals surface area contributed by atoms with Gasteiger partial charge in [0.15, 0.2) is 0 Å². The standard InChI is InChI=1S/C14H14N2O2/c17-13-12(10-6-2-1-3-7-10)11-8-4-5-9-16(11)14(18)15-13/h1-3,6-7H,4-5,8-9H2,(H,15,17,18). The minimum atomic E-state index is -0.283. The van der Waals surface area contributed by atoms with Crippen LogP contribution in [0, 0.1) is 0 Å². The molecule has 0 radical (unpaired) electrons. The Morgan fingerprint density at radius 3 is 2.61 bits per heavy atom. The molecule has 1 aliphatic rings. The molecular formula is C14H14N2O2. The highest BCUT2D eigenvalue weighted by molar-refractivity contribution is 5.65. The van der Waals surface area contributed by atoms with Crippen LogP contribution >= 0.6 is 0 Å². The normalized spacial score (nSPS) is 14.2. The molecule has 0 saturated heterocycles. The average molecular weight is 242 g/mol. The number of fused-ring (bicyclic) bond motifs is 1. The first kappa shape index (κ1) is 11.0. The van der Waals surface area contributed by atoms with Crippen LogP contribution in [-0.2, 0) is 13.0 Å². The van der Waals surface area contributed by atoms with Crippen LogP contribution < -0.4 is 11.2 Å². The molecule has 0 fully saturated rings. The predicted molar refractivity (Wildman–Crippen MR) is 69.7 cm³/mol. The van der Waals surface area contributed by atoms with E-state index in [9.17, 15) is 9.59 Å². The van der Waals surface area contributed by atoms with Crippen LogP contribution in [0.2, 0.25) is 0 Å². The van der Waals surface area contributed by atoms with Crippen molar-refractivity contribution in [2.45, 2.75) is 25.8 Å². The Labute approximate surface area is 104 Å². The molecule has 0 spiro atoms. The lowest BCUT2D eigenvalue weighted by Crippen LogP contribution is -2.35. The Bertz CT molecular complexity index is 683. The maximum Gasteiger partial charge on any atom is 0.328 e. The van der Waals surface area contributed by atoms with Gasteiger partial charge in [0.2, 0.25) is 0 Å². The topological polar surface area (TPSA) is 54.9 Å². The number of aromatic amines is 1. The fourth-order valence-corrected chi connectivity index (χ4v) is 2.58. The van der Waals surface area contributed by atoms with Gasteiger partial charge in [-0.25, -0.2) is 4.79 Å². The summed E-state index contributed by atoms with van der Waals surface area (Å²) >= 11 is 0. The van der Waals surface area contributed by atoms with Crippen LogP contribution in [0.4, 0.5) is 0 Å². The minimum absolute atomic E-state index is 0.278. The average Bonchev–Trinajstić information content (AvgIpc) is 2.40. The van der Waals surface area contributed by atoms with Gasteiger partial charge >= 0.3 is 5.69 Å². The molecular weight excluding hydrogens is 228 g/mol. The Hall–Kier alpha value is -2.10. The van der Waals surface area contributed by atoms with Crippen molar-refractivity contribution in [2.24, 2.45) is 0 Å². The van der Waals surface area contributed by atoms with Gasteiger partial charge in [0.05, 0.1) is 5.56 Å². The van der Waals surface area contributed by atoms with E-state index < -0.39 is 0 Å². The second-order valence-electron chi connectivity index (χ2n) is 4.56. The van der Waals surface area contributed by atoms with Crippen LogP contribution in [-0.4, -0.2) is 9.55 Å². The third-order valence-corrected chi connectivity index (χ3v) is 3.41. The Balaban J connectivity index is 2.33. The maximum atomic E-state index is 12.0. The lowest BCUT2D eigenvalue weighted by molar-refractivity contribution is 0.503. The molecule has 1 aliphatic heterocycles. The van der Waals surface area contributed by atoms with E-state index in [0.29, 0.717) is 12.1 Å². The largest absolute Gasteiger partial charge is 0.328 e. The smallest absolute Gasteiger partial charge is 0.297 e. The molecule has 3 rings (SSSR count). The molecule has 0 atom stereocenters. The Morgan fingerprint density at radius 1 is 1.06 bits per heavy atom. The lowest BCUT2D eigenvalue weighted by Gasteiger charge is -2.20. The molecule has 0 aliphatic carbocycles. The highest BCUT2D eigenvalue weighted by atomic mass is 16.2. The molecule has 2 heterocycles. The minimum Gasteiger partial charge on any atom is -0.297 e. The summed E-state index contributed by atoms with van der Waals surface area (Å²) in [5.41, 5.74) is 1.84. The van der Waals surface area contributed by atoms with Crippen molar-refractivity contribution in [3.8, 4) is 11.1 Å². The van der Waals surface area contributed by atoms with E-state index in [1.807, 2.05) is 30.3 Å². The summed E-state index contributed by atoms with van der Waals surface area (Å²) in [5, 5.41) is 0. The highest BCUT2D eigenvalue weighted by Gasteiger charge is 2.18. The SMILES string of the molecule is O=c1[nH]c(=O)n2c(c1-c1ccccc1)CCCC2. The third kappa shape index (κ3) is 1.70. The number of rotatable bonds is 1. The predicted octanol–water partition coefficient (Wildman–Crippen LogP) is 1.54. The molecule has 1 aromatic carbocycles. The molecule has 4 nitrogen and oxygen atoms in total. The summed E-state index contributed by atoms with van der Waals surface area (Å²) < 4.78 is 1.70. The van der Waals surface area contributed by atoms with E-state index in [0.717, 1.165) is 30.5 Å². The van der Waals surface area contributed by atoms with Crippen LogP contribution in [0.1, 0.15) is 18.5 Å². The van der Waals surface area contributed by atoms with Crippen molar-refractivity contribution in [2.75, 3.05) is 0 Å². The summed E-state index contributed by atoms with van der Waals surface area (Å²) in [4.78, 5) is 26.2. The second kappa shape index (κ2) is 4.29. The molecule has 1 aromatic heterocycles. The molecule has 0 unspecified atom stereocenters. The van der Waals surface area contributed by atoms with Crippen LogP contribution in [0.25, 0.3) is 11.1 Å². The first-order valence-electron chi connectivity index (χ1n) is 6.19. The Morgan fingerprint density at radius 2 is 1.83 bits per heavy atom. The van der Waals surface area contributed by atoms with E-state index in [1.54, 1.807) is 4.57 Å². The van der Waals surface area contributed by atoms with E-state index in [4.69, 9.17) is 0 Å². The van der Waals surface area contributed by atoms with Gasteiger partial charge < -0.3 is 0 Å². The number of hydrogen-bond donors (Lipinski definition) is 1. The van der Waals surface area contributed by atoms with Gasteiger partial charge in [0, 0.05) is 12.2 Å². The number of aromatic nitrogens is 2. The first-order valence-corrected chi connectivity index (χ1v) is 6.19. The molecule has 0 saturated carbocycles. The van der Waals surface area contributed by atoms with Crippen LogP contribution in [0.15, 0.2) is 39.9 Å². The van der Waals surface area contributed by atoms with E-state index in [2.05, 4.69) is 4.98 Å². The van der Waals surface area contributed by atoms with E-state index in [1.165, 1.54) is 0 Å². The van der Waals surface area contributed by atoms with Crippen LogP contribution in [0.3, 0.4) is 0 Å². The van der Waals surface area contributed by atoms with Gasteiger partial charge in [-0.3, -0.25) is 14.3 Å². The molecule has 2 aromatic rings. The van der Waals surface area contributed by atoms with Crippen molar-refractivity contribution >= 4 is 0 Å². The summed E-state index contributed by atoms with van der Waals surface area (Å²) in [7, 11) is 0. The van der Waals surface area contributed by atoms with Crippen molar-refractivity contribution in [3.05, 3.63) is 56.9 Å². The summed E-state index contributed by atoms with van der Waals surface area (Å²) in [5.74, 6) is 0. The number of nitrogens with zero attached hydrogens (tertiary/aromatic N) is 1. The van der Waals surface area contributed by atoms with Gasteiger partial charge in [-0.1, -0.05) is 30.3 Å². The number of benzene rings is 1. The lowest BCUT2D eigenvalue weighted by atomic mass is 9.99. The monoisotopic (exact) mass is 242 g/mol. The summed E-state index contributed by atoms with van der Waals surface area (Å²) in [6.07, 6.45) is 2.82. The Kier molecular flexibility index (Phi) is 2.63. The highest BCUT2D eigenvalue weighted by Crippen LogP contribution is 2.22. The zero-order valence-corrected chi connectivity index (χ0v) is 9.98. The molecule has 4 heteroatoms. The molecule has 0 bridgehead atoms. The molecule has 18 heavy (non-hydrogen) atoms. The zero-order valence-electron chi connectivity index (χ0n) is 9.98. The molecule has 0 amide bonds. The zero-order chi connectivity index (χ0) is 12.5. The number of nitrogens with one attached hydrogen (secondary N) is 1. The maximum absolute atomic E-state index is 12.0. The third-order valence-electron chi connectivity index (χ3n) is 3.41. The van der Waals surface area contributed by atoms with E-state index >= 15 is 0 Å². The van der Waals surface area contributed by atoms with Gasteiger partial charge in [0.1, 0.15) is 0 Å². The van der Waals surface area contributed by atoms with Gasteiger partial charge in [0.25, 0.3) is 5.56 Å². The molecule has 1 N–H and O–H groups in total. The number of H-pyrrole nitrogens is 1. The fraction of sp³-hybridized carbons (Fsp3) is 0.286. The quantitative estimate of drug-likeness (QED) is 0.824. The van der Waals surface area contributed by atoms with Gasteiger partial charge in [-0.05, 0) is 24.8 Å². The van der Waals surface area contributed by atoms with Crippen molar-refractivity contribution in [1.82, 2.24) is 9.55 Å². The fourth-order valence-electron chi connectivity index (χ4n) is 2.58. The van der Waals surface area contributed by atoms with Gasteiger partial charge in [-0.2, -0.15) is 0 Å². The second-order valence-corrected chi connectivity index (χ2v) is 4.56. The van der Waals surface area contributed by atoms with Crippen molar-refractivity contribution < 1.29 is 0 Å². The van der Waals surface area contributed by atoms with Crippen molar-refractivity contribution in [1.29, 1.82) is 0 Å². The van der Waals surface area contributed by atoms with Crippen molar-refractivity contribution in [3.63, 3.8) is 0 Å². The van der Waals surface area contributed by atoms with E-state index in [-0.39, 0.29) is 11.2 Å².